The molecule has 0 unspecified atom stereocenters. The molecule has 86 valence electrons. The quantitative estimate of drug-likeness (QED) is 0.806. The predicted octanol–water partition coefficient (Wildman–Crippen LogP) is 2.57. The molecule has 1 heterocycles. The fraction of sp³-hybridized carbons (Fsp3) is 0.333. The van der Waals surface area contributed by atoms with E-state index in [1.165, 1.54) is 12.1 Å². The monoisotopic (exact) mass is 247 g/mol. The molecule has 1 rings (SSSR count). The third-order valence-corrected chi connectivity index (χ3v) is 2.45. The molecule has 16 heavy (non-hydrogen) atoms. The van der Waals surface area contributed by atoms with Crippen LogP contribution in [0.2, 0.25) is 0 Å². The molecule has 0 aromatic carbocycles. The van der Waals surface area contributed by atoms with E-state index in [2.05, 4.69) is 4.98 Å². The first-order valence-electron chi connectivity index (χ1n) is 4.17. The second-order valence-corrected chi connectivity index (χ2v) is 4.15. The van der Waals surface area contributed by atoms with E-state index in [-0.39, 0.29) is 5.01 Å². The van der Waals surface area contributed by atoms with Gasteiger partial charge in [-0.05, 0) is 6.08 Å². The molecular formula is C9H8F3N3S. The lowest BCUT2D eigenvalue weighted by Crippen LogP contribution is -2.07. The molecule has 3 nitrogen and oxygen atoms in total. The number of hydrogen-bond acceptors (Lipinski definition) is 4. The van der Waals surface area contributed by atoms with Crippen LogP contribution in [0.5, 0.6) is 0 Å². The van der Waals surface area contributed by atoms with Crippen molar-refractivity contribution in [3.8, 4) is 6.07 Å². The van der Waals surface area contributed by atoms with E-state index in [1.807, 2.05) is 0 Å². The van der Waals surface area contributed by atoms with Gasteiger partial charge in [0.2, 0.25) is 0 Å². The maximum atomic E-state index is 12.4. The van der Waals surface area contributed by atoms with Crippen LogP contribution in [0.25, 0.3) is 6.08 Å². The van der Waals surface area contributed by atoms with Crippen molar-refractivity contribution in [3.63, 3.8) is 0 Å². The highest BCUT2D eigenvalue weighted by Gasteiger charge is 2.37. The van der Waals surface area contributed by atoms with Crippen LogP contribution in [0.1, 0.15) is 15.6 Å². The van der Waals surface area contributed by atoms with Gasteiger partial charge in [0, 0.05) is 20.3 Å². The van der Waals surface area contributed by atoms with Crippen molar-refractivity contribution in [1.29, 1.82) is 5.26 Å². The Morgan fingerprint density at radius 1 is 1.44 bits per heavy atom. The van der Waals surface area contributed by atoms with Crippen molar-refractivity contribution in [2.24, 2.45) is 0 Å². The fourth-order valence-corrected chi connectivity index (χ4v) is 1.67. The van der Waals surface area contributed by atoms with Crippen LogP contribution in [-0.4, -0.2) is 24.0 Å². The lowest BCUT2D eigenvalue weighted by atomic mass is 10.4. The number of thiazole rings is 1. The van der Waals surface area contributed by atoms with Gasteiger partial charge in [0.25, 0.3) is 0 Å². The molecule has 0 aliphatic rings. The molecule has 0 saturated heterocycles. The normalized spacial score (nSPS) is 11.8. The average Bonchev–Trinajstić information content (AvgIpc) is 2.57. The van der Waals surface area contributed by atoms with E-state index in [0.29, 0.717) is 0 Å². The summed E-state index contributed by atoms with van der Waals surface area (Å²) in [6, 6.07) is 1.50. The topological polar surface area (TPSA) is 39.9 Å². The van der Waals surface area contributed by atoms with Crippen LogP contribution in [0.4, 0.5) is 13.2 Å². The Labute approximate surface area is 94.4 Å². The lowest BCUT2D eigenvalue weighted by Gasteiger charge is -2.01. The van der Waals surface area contributed by atoms with Crippen molar-refractivity contribution >= 4 is 17.4 Å². The zero-order valence-corrected chi connectivity index (χ0v) is 9.35. The first-order chi connectivity index (χ1) is 7.34. The Hall–Kier alpha value is -1.55. The van der Waals surface area contributed by atoms with E-state index >= 15 is 0 Å². The second-order valence-electron chi connectivity index (χ2n) is 3.12. The third kappa shape index (κ3) is 2.97. The smallest absolute Gasteiger partial charge is 0.383 e. The van der Waals surface area contributed by atoms with Crippen LogP contribution in [-0.2, 0) is 6.18 Å². The van der Waals surface area contributed by atoms with Gasteiger partial charge < -0.3 is 4.90 Å². The van der Waals surface area contributed by atoms with Crippen LogP contribution < -0.4 is 0 Å². The molecule has 1 aromatic rings. The van der Waals surface area contributed by atoms with E-state index in [0.717, 1.165) is 11.3 Å². The molecule has 0 saturated carbocycles. The number of nitrogens with zero attached hydrogens (tertiary/aromatic N) is 3. The maximum Gasteiger partial charge on any atom is 0.435 e. The van der Waals surface area contributed by atoms with Crippen molar-refractivity contribution < 1.29 is 13.2 Å². The number of hydrogen-bond donors (Lipinski definition) is 0. The predicted molar refractivity (Wildman–Crippen MR) is 54.6 cm³/mol. The summed E-state index contributed by atoms with van der Waals surface area (Å²) in [6.07, 6.45) is -1.58. The Morgan fingerprint density at radius 3 is 2.44 bits per heavy atom. The maximum absolute atomic E-state index is 12.4. The Bertz CT molecular complexity index is 440. The summed E-state index contributed by atoms with van der Waals surface area (Å²) in [5.74, 6) is 0. The van der Waals surface area contributed by atoms with Crippen molar-refractivity contribution in [1.82, 2.24) is 9.88 Å². The van der Waals surface area contributed by atoms with Gasteiger partial charge in [0.1, 0.15) is 16.0 Å². The van der Waals surface area contributed by atoms with Gasteiger partial charge in [-0.25, -0.2) is 4.98 Å². The van der Waals surface area contributed by atoms with Crippen LogP contribution in [0.15, 0.2) is 6.20 Å². The fourth-order valence-electron chi connectivity index (χ4n) is 0.889. The Morgan fingerprint density at radius 2 is 2.06 bits per heavy atom. The summed E-state index contributed by atoms with van der Waals surface area (Å²) in [5.41, 5.74) is -1.11. The van der Waals surface area contributed by atoms with Crippen LogP contribution in [0.3, 0.4) is 0 Å². The van der Waals surface area contributed by atoms with Gasteiger partial charge in [0.05, 0.1) is 0 Å². The molecule has 0 aliphatic heterocycles. The standard InChI is InChI=1S/C9H8F3N3S/c1-15(2)4-3-7-14-8(9(10,11)12)6(5-13)16-7/h3-4H,1-2H3. The lowest BCUT2D eigenvalue weighted by molar-refractivity contribution is -0.140. The van der Waals surface area contributed by atoms with Crippen molar-refractivity contribution in [2.75, 3.05) is 14.1 Å². The van der Waals surface area contributed by atoms with Gasteiger partial charge in [0.15, 0.2) is 5.69 Å². The number of halogens is 3. The van der Waals surface area contributed by atoms with Gasteiger partial charge in [-0.2, -0.15) is 18.4 Å². The number of alkyl halides is 3. The molecule has 0 spiro atoms. The van der Waals surface area contributed by atoms with E-state index in [1.54, 1.807) is 25.2 Å². The highest BCUT2D eigenvalue weighted by molar-refractivity contribution is 7.13. The first-order valence-corrected chi connectivity index (χ1v) is 4.99. The second kappa shape index (κ2) is 4.53. The highest BCUT2D eigenvalue weighted by atomic mass is 32.1. The van der Waals surface area contributed by atoms with E-state index < -0.39 is 16.7 Å². The average molecular weight is 247 g/mol. The molecule has 1 aromatic heterocycles. The van der Waals surface area contributed by atoms with E-state index in [9.17, 15) is 13.2 Å². The molecule has 0 N–H and O–H groups in total. The third-order valence-electron chi connectivity index (χ3n) is 1.53. The van der Waals surface area contributed by atoms with Gasteiger partial charge >= 0.3 is 6.18 Å². The summed E-state index contributed by atoms with van der Waals surface area (Å²) in [4.78, 5) is 4.64. The minimum Gasteiger partial charge on any atom is -0.383 e. The van der Waals surface area contributed by atoms with Crippen molar-refractivity contribution in [3.05, 3.63) is 21.8 Å². The molecule has 0 aliphatic carbocycles. The largest absolute Gasteiger partial charge is 0.435 e. The van der Waals surface area contributed by atoms with Crippen LogP contribution in [0, 0.1) is 11.3 Å². The van der Waals surface area contributed by atoms with Gasteiger partial charge in [-0.15, -0.1) is 11.3 Å². The molecule has 0 amide bonds. The first kappa shape index (κ1) is 12.5. The zero-order chi connectivity index (χ0) is 12.3. The summed E-state index contributed by atoms with van der Waals surface area (Å²) < 4.78 is 37.2. The van der Waals surface area contributed by atoms with E-state index in [4.69, 9.17) is 5.26 Å². The summed E-state index contributed by atoms with van der Waals surface area (Å²) in [6.45, 7) is 0. The highest BCUT2D eigenvalue weighted by Crippen LogP contribution is 2.34. The minimum atomic E-state index is -4.58. The zero-order valence-electron chi connectivity index (χ0n) is 8.54. The molecular weight excluding hydrogens is 239 g/mol. The van der Waals surface area contributed by atoms with Crippen LogP contribution >= 0.6 is 11.3 Å². The Kier molecular flexibility index (Phi) is 3.55. The number of rotatable bonds is 2. The molecule has 0 bridgehead atoms. The Balaban J connectivity index is 3.10. The van der Waals surface area contributed by atoms with Crippen molar-refractivity contribution in [2.45, 2.75) is 6.18 Å². The molecule has 0 atom stereocenters. The summed E-state index contributed by atoms with van der Waals surface area (Å²) in [5, 5.41) is 8.72. The minimum absolute atomic E-state index is 0.164. The number of aromatic nitrogens is 1. The summed E-state index contributed by atoms with van der Waals surface area (Å²) >= 11 is 0.723. The molecule has 0 fully saturated rings. The van der Waals surface area contributed by atoms with Gasteiger partial charge in [-0.1, -0.05) is 0 Å². The van der Waals surface area contributed by atoms with Gasteiger partial charge in [-0.3, -0.25) is 0 Å². The molecule has 7 heteroatoms. The summed E-state index contributed by atoms with van der Waals surface area (Å²) in [7, 11) is 3.47. The SMILES string of the molecule is CN(C)C=Cc1nc(C(F)(F)F)c(C#N)s1. The molecule has 0 radical (unpaired) electrons. The number of nitriles is 1.